The van der Waals surface area contributed by atoms with Gasteiger partial charge in [-0.25, -0.2) is 8.42 Å². The van der Waals surface area contributed by atoms with Gasteiger partial charge in [0.2, 0.25) is 10.0 Å². The average Bonchev–Trinajstić information content (AvgIpc) is 3.29. The maximum atomic E-state index is 13.0. The van der Waals surface area contributed by atoms with E-state index in [0.717, 1.165) is 24.0 Å². The number of hydrogen-bond acceptors (Lipinski definition) is 5. The van der Waals surface area contributed by atoms with Crippen LogP contribution in [0.3, 0.4) is 0 Å². The Bertz CT molecular complexity index is 1090. The molecular weight excluding hydrogens is 400 g/mol. The number of sulfonamides is 1. The molecule has 0 bridgehead atoms. The zero-order valence-electron chi connectivity index (χ0n) is 16.9. The monoisotopic (exact) mass is 426 g/mol. The summed E-state index contributed by atoms with van der Waals surface area (Å²) >= 11 is 0. The van der Waals surface area contributed by atoms with E-state index in [1.165, 1.54) is 0 Å². The van der Waals surface area contributed by atoms with Crippen LogP contribution in [0, 0.1) is 0 Å². The van der Waals surface area contributed by atoms with Gasteiger partial charge in [0.25, 0.3) is 0 Å². The number of nitrogens with one attached hydrogen (secondary N) is 1. The molecule has 0 unspecified atom stereocenters. The second kappa shape index (κ2) is 7.94. The van der Waals surface area contributed by atoms with Crippen molar-refractivity contribution < 1.29 is 13.5 Å². The summed E-state index contributed by atoms with van der Waals surface area (Å²) in [5.74, 6) is 0. The fourth-order valence-corrected chi connectivity index (χ4v) is 5.72. The smallest absolute Gasteiger partial charge is 0.242 e. The van der Waals surface area contributed by atoms with Crippen molar-refractivity contribution in [2.24, 2.45) is 0 Å². The van der Waals surface area contributed by atoms with Crippen molar-refractivity contribution in [3.05, 3.63) is 67.3 Å². The minimum absolute atomic E-state index is 0.132. The van der Waals surface area contributed by atoms with Crippen molar-refractivity contribution in [1.29, 1.82) is 0 Å². The second-order valence-corrected chi connectivity index (χ2v) is 9.69. The van der Waals surface area contributed by atoms with E-state index in [9.17, 15) is 13.5 Å². The second-order valence-electron chi connectivity index (χ2n) is 8.00. The molecule has 7 nitrogen and oxygen atoms in total. The molecule has 1 aliphatic carbocycles. The van der Waals surface area contributed by atoms with Gasteiger partial charge in [-0.15, -0.1) is 10.2 Å². The van der Waals surface area contributed by atoms with Gasteiger partial charge in [-0.2, -0.15) is 4.72 Å². The molecule has 2 atom stereocenters. The van der Waals surface area contributed by atoms with Crippen LogP contribution >= 0.6 is 0 Å². The van der Waals surface area contributed by atoms with Gasteiger partial charge >= 0.3 is 0 Å². The van der Waals surface area contributed by atoms with Crippen LogP contribution in [0.4, 0.5) is 0 Å². The Morgan fingerprint density at radius 1 is 1.00 bits per heavy atom. The molecule has 0 aliphatic heterocycles. The molecule has 1 heterocycles. The molecule has 1 aromatic heterocycles. The first-order valence-electron chi connectivity index (χ1n) is 10.1. The third-order valence-corrected chi connectivity index (χ3v) is 7.62. The van der Waals surface area contributed by atoms with Gasteiger partial charge in [0.15, 0.2) is 0 Å². The number of aliphatic hydroxyl groups is 1. The highest BCUT2D eigenvalue weighted by Crippen LogP contribution is 2.42. The zero-order valence-corrected chi connectivity index (χ0v) is 17.7. The Balaban J connectivity index is 1.56. The molecule has 4 rings (SSSR count). The van der Waals surface area contributed by atoms with Gasteiger partial charge < -0.3 is 9.67 Å². The molecule has 1 saturated carbocycles. The lowest BCUT2D eigenvalue weighted by molar-refractivity contribution is -0.0549. The molecule has 2 aromatic carbocycles. The maximum Gasteiger partial charge on any atom is 0.242 e. The molecule has 3 aromatic rings. The topological polar surface area (TPSA) is 97.1 Å². The van der Waals surface area contributed by atoms with E-state index in [4.69, 9.17) is 0 Å². The third kappa shape index (κ3) is 4.03. The van der Waals surface area contributed by atoms with Gasteiger partial charge in [-0.3, -0.25) is 0 Å². The first-order valence-corrected chi connectivity index (χ1v) is 11.6. The van der Waals surface area contributed by atoms with Crippen molar-refractivity contribution >= 4 is 10.0 Å². The summed E-state index contributed by atoms with van der Waals surface area (Å²) in [6.45, 7) is 2.03. The number of rotatable bonds is 6. The van der Waals surface area contributed by atoms with E-state index in [-0.39, 0.29) is 11.3 Å². The Morgan fingerprint density at radius 2 is 1.63 bits per heavy atom. The van der Waals surface area contributed by atoms with Crippen LogP contribution in [-0.4, -0.2) is 34.0 Å². The highest BCUT2D eigenvalue weighted by atomic mass is 32.2. The lowest BCUT2D eigenvalue weighted by Gasteiger charge is -2.45. The van der Waals surface area contributed by atoms with Gasteiger partial charge in [0.05, 0.1) is 10.4 Å². The Morgan fingerprint density at radius 3 is 2.27 bits per heavy atom. The van der Waals surface area contributed by atoms with E-state index in [0.29, 0.717) is 12.8 Å². The van der Waals surface area contributed by atoms with Crippen LogP contribution < -0.4 is 4.72 Å². The van der Waals surface area contributed by atoms with Crippen molar-refractivity contribution in [1.82, 2.24) is 19.5 Å². The summed E-state index contributed by atoms with van der Waals surface area (Å²) in [4.78, 5) is 0.132. The molecule has 8 heteroatoms. The first-order chi connectivity index (χ1) is 14.4. The number of aromatic nitrogens is 3. The molecule has 0 amide bonds. The SMILES string of the molecule is CC[C@@]1(n2cnnc2)CCC[C@@](O)(NS(=O)(=O)c2ccc(-c3ccccc3)cc2)C1. The van der Waals surface area contributed by atoms with Crippen LogP contribution in [0.5, 0.6) is 0 Å². The standard InChI is InChI=1S/C22H26N4O3S/c1-2-21(26-16-23-24-17-26)13-6-14-22(27,15-21)25-30(28,29)20-11-9-19(10-12-20)18-7-4-3-5-8-18/h3-5,7-12,16-17,25,27H,2,6,13-15H2,1H3/t21-,22+/m1/s1. The van der Waals surface area contributed by atoms with E-state index < -0.39 is 21.3 Å². The van der Waals surface area contributed by atoms with Crippen molar-refractivity contribution in [3.63, 3.8) is 0 Å². The van der Waals surface area contributed by atoms with Crippen molar-refractivity contribution in [2.75, 3.05) is 0 Å². The molecule has 1 fully saturated rings. The van der Waals surface area contributed by atoms with Gasteiger partial charge in [0.1, 0.15) is 18.4 Å². The first kappa shape index (κ1) is 20.7. The van der Waals surface area contributed by atoms with E-state index in [1.54, 1.807) is 36.9 Å². The zero-order chi connectivity index (χ0) is 21.2. The lowest BCUT2D eigenvalue weighted by atomic mass is 9.75. The molecule has 2 N–H and O–H groups in total. The molecule has 30 heavy (non-hydrogen) atoms. The third-order valence-electron chi connectivity index (χ3n) is 6.07. The van der Waals surface area contributed by atoms with Crippen molar-refractivity contribution in [3.8, 4) is 11.1 Å². The molecular formula is C22H26N4O3S. The minimum atomic E-state index is -3.89. The van der Waals surface area contributed by atoms with Gasteiger partial charge in [0, 0.05) is 6.42 Å². The Kier molecular flexibility index (Phi) is 5.48. The summed E-state index contributed by atoms with van der Waals surface area (Å²) in [7, 11) is -3.89. The Hall–Kier alpha value is -2.55. The summed E-state index contributed by atoms with van der Waals surface area (Å²) in [5.41, 5.74) is -0.00317. The van der Waals surface area contributed by atoms with Crippen LogP contribution in [0.25, 0.3) is 11.1 Å². The van der Waals surface area contributed by atoms with Crippen LogP contribution in [0.2, 0.25) is 0 Å². The van der Waals surface area contributed by atoms with Gasteiger partial charge in [-0.1, -0.05) is 49.4 Å². The highest BCUT2D eigenvalue weighted by Gasteiger charge is 2.46. The van der Waals surface area contributed by atoms with Crippen molar-refractivity contribution in [2.45, 2.75) is 55.2 Å². The molecule has 0 spiro atoms. The summed E-state index contributed by atoms with van der Waals surface area (Å²) in [6.07, 6.45) is 6.14. The molecule has 1 aliphatic rings. The minimum Gasteiger partial charge on any atom is -0.375 e. The predicted molar refractivity (Wildman–Crippen MR) is 114 cm³/mol. The molecule has 158 valence electrons. The fraction of sp³-hybridized carbons (Fsp3) is 0.364. The van der Waals surface area contributed by atoms with E-state index in [1.807, 2.05) is 41.8 Å². The van der Waals surface area contributed by atoms with E-state index in [2.05, 4.69) is 14.9 Å². The number of nitrogens with zero attached hydrogens (tertiary/aromatic N) is 3. The summed E-state index contributed by atoms with van der Waals surface area (Å²) in [6, 6.07) is 16.5. The van der Waals surface area contributed by atoms with Crippen LogP contribution in [-0.2, 0) is 15.6 Å². The van der Waals surface area contributed by atoms with Crippen LogP contribution in [0.15, 0.2) is 72.1 Å². The average molecular weight is 427 g/mol. The lowest BCUT2D eigenvalue weighted by Crippen LogP contribution is -2.56. The molecule has 0 saturated heterocycles. The fourth-order valence-electron chi connectivity index (χ4n) is 4.43. The quantitative estimate of drug-likeness (QED) is 0.590. The maximum absolute atomic E-state index is 13.0. The number of benzene rings is 2. The Labute approximate surface area is 176 Å². The summed E-state index contributed by atoms with van der Waals surface area (Å²) < 4.78 is 30.5. The van der Waals surface area contributed by atoms with Crippen LogP contribution in [0.1, 0.15) is 39.0 Å². The highest BCUT2D eigenvalue weighted by molar-refractivity contribution is 7.89. The molecule has 0 radical (unpaired) electrons. The largest absolute Gasteiger partial charge is 0.375 e. The van der Waals surface area contributed by atoms with E-state index >= 15 is 0 Å². The van der Waals surface area contributed by atoms with Gasteiger partial charge in [-0.05, 0) is 48.9 Å². The normalized spacial score (nSPS) is 24.6. The predicted octanol–water partition coefficient (Wildman–Crippen LogP) is 3.29. The number of hydrogen-bond donors (Lipinski definition) is 2. The summed E-state index contributed by atoms with van der Waals surface area (Å²) in [5, 5.41) is 19.0.